The molecule has 214 valence electrons. The topological polar surface area (TPSA) is 23.0 Å². The minimum absolute atomic E-state index is 0.907. The van der Waals surface area contributed by atoms with E-state index >= 15 is 0 Å². The molecule has 0 saturated heterocycles. The normalized spacial score (nSPS) is 12.3. The Morgan fingerprint density at radius 3 is 1.91 bits per heavy atom. The Labute approximate surface area is 266 Å². The van der Waals surface area contributed by atoms with Gasteiger partial charge in [0.2, 0.25) is 0 Å². The van der Waals surface area contributed by atoms with Gasteiger partial charge in [0.25, 0.3) is 0 Å². The lowest BCUT2D eigenvalue weighted by Gasteiger charge is -2.10. The monoisotopic (exact) mass is 604 g/mol. The number of benzene rings is 7. The van der Waals surface area contributed by atoms with Gasteiger partial charge in [0.05, 0.1) is 22.1 Å². The average molecular weight is 605 g/mol. The number of furan rings is 1. The van der Waals surface area contributed by atoms with Crippen molar-refractivity contribution in [3.8, 4) is 11.4 Å². The van der Waals surface area contributed by atoms with Crippen LogP contribution in [0.4, 0.5) is 0 Å². The van der Waals surface area contributed by atoms with Crippen molar-refractivity contribution in [2.24, 2.45) is 0 Å². The van der Waals surface area contributed by atoms with Gasteiger partial charge in [-0.05, 0) is 60.7 Å². The number of nitrogens with zero attached hydrogens (tertiary/aromatic N) is 2. The first-order valence-corrected chi connectivity index (χ1v) is 16.4. The van der Waals surface area contributed by atoms with Crippen molar-refractivity contribution in [2.75, 3.05) is 0 Å². The number of thiophene rings is 1. The largest absolute Gasteiger partial charge is 0.456 e. The molecule has 4 heteroatoms. The van der Waals surface area contributed by atoms with Crippen LogP contribution in [0.5, 0.6) is 0 Å². The van der Waals surface area contributed by atoms with Gasteiger partial charge in [0.15, 0.2) is 0 Å². The molecule has 4 heterocycles. The highest BCUT2D eigenvalue weighted by atomic mass is 32.1. The van der Waals surface area contributed by atoms with E-state index in [0.29, 0.717) is 0 Å². The van der Waals surface area contributed by atoms with Crippen LogP contribution in [0.1, 0.15) is 0 Å². The summed E-state index contributed by atoms with van der Waals surface area (Å²) in [6, 6.07) is 52.8. The van der Waals surface area contributed by atoms with Gasteiger partial charge in [-0.15, -0.1) is 11.3 Å². The van der Waals surface area contributed by atoms with Gasteiger partial charge in [-0.2, -0.15) is 0 Å². The molecule has 0 radical (unpaired) electrons. The maximum absolute atomic E-state index is 6.19. The van der Waals surface area contributed by atoms with E-state index in [9.17, 15) is 0 Å². The first-order chi connectivity index (χ1) is 22.8. The maximum atomic E-state index is 6.19. The zero-order chi connectivity index (χ0) is 29.9. The fourth-order valence-electron chi connectivity index (χ4n) is 7.76. The molecule has 4 aromatic heterocycles. The number of fused-ring (bicyclic) bond motifs is 13. The lowest BCUT2D eigenvalue weighted by atomic mass is 10.1. The zero-order valence-electron chi connectivity index (χ0n) is 24.6. The van der Waals surface area contributed by atoms with Crippen LogP contribution in [0.15, 0.2) is 150 Å². The number of hydrogen-bond acceptors (Lipinski definition) is 2. The lowest BCUT2D eigenvalue weighted by molar-refractivity contribution is 0.669. The lowest BCUT2D eigenvalue weighted by Crippen LogP contribution is -1.95. The second-order valence-corrected chi connectivity index (χ2v) is 13.2. The van der Waals surface area contributed by atoms with Gasteiger partial charge in [0, 0.05) is 63.9 Å². The molecular weight excluding hydrogens is 581 g/mol. The molecule has 7 aromatic carbocycles. The van der Waals surface area contributed by atoms with Crippen LogP contribution in [-0.4, -0.2) is 9.13 Å². The van der Waals surface area contributed by atoms with Crippen LogP contribution >= 0.6 is 11.3 Å². The zero-order valence-corrected chi connectivity index (χ0v) is 25.4. The van der Waals surface area contributed by atoms with Crippen molar-refractivity contribution < 1.29 is 4.42 Å². The third-order valence-corrected chi connectivity index (χ3v) is 10.8. The van der Waals surface area contributed by atoms with Crippen molar-refractivity contribution >= 4 is 97.1 Å². The molecule has 0 unspecified atom stereocenters. The predicted molar refractivity (Wildman–Crippen MR) is 195 cm³/mol. The van der Waals surface area contributed by atoms with Crippen LogP contribution in [0.25, 0.3) is 97.1 Å². The molecule has 0 fully saturated rings. The first kappa shape index (κ1) is 24.5. The molecule has 0 bridgehead atoms. The summed E-state index contributed by atoms with van der Waals surface area (Å²) in [5.41, 5.74) is 8.96. The summed E-state index contributed by atoms with van der Waals surface area (Å²) in [6.07, 6.45) is 0. The SMILES string of the molecule is c1ccc2c(c1)oc1ccc(-n3c4ccccc4c4c3ccc3c5ccccc5n(-c5ccc6c(c5)sc5ccccc56)c34)cc12. The number of aromatic nitrogens is 2. The maximum Gasteiger partial charge on any atom is 0.135 e. The fraction of sp³-hybridized carbons (Fsp3) is 0. The van der Waals surface area contributed by atoms with Gasteiger partial charge in [-0.25, -0.2) is 0 Å². The predicted octanol–water partition coefficient (Wildman–Crippen LogP) is 12.1. The van der Waals surface area contributed by atoms with Crippen molar-refractivity contribution in [3.63, 3.8) is 0 Å². The highest BCUT2D eigenvalue weighted by Gasteiger charge is 2.21. The molecule has 0 aliphatic rings. The molecule has 0 amide bonds. The third-order valence-electron chi connectivity index (χ3n) is 9.71. The van der Waals surface area contributed by atoms with Crippen LogP contribution in [0.3, 0.4) is 0 Å². The highest BCUT2D eigenvalue weighted by molar-refractivity contribution is 7.25. The number of hydrogen-bond donors (Lipinski definition) is 0. The van der Waals surface area contributed by atoms with E-state index in [4.69, 9.17) is 4.42 Å². The molecule has 0 aliphatic heterocycles. The van der Waals surface area contributed by atoms with E-state index in [0.717, 1.165) is 27.6 Å². The summed E-state index contributed by atoms with van der Waals surface area (Å²) >= 11 is 1.87. The van der Waals surface area contributed by atoms with Crippen LogP contribution in [-0.2, 0) is 0 Å². The first-order valence-electron chi connectivity index (χ1n) is 15.6. The summed E-state index contributed by atoms with van der Waals surface area (Å²) < 4.78 is 13.7. The number of rotatable bonds is 2. The molecule has 0 atom stereocenters. The molecule has 0 aliphatic carbocycles. The van der Waals surface area contributed by atoms with Crippen LogP contribution in [0.2, 0.25) is 0 Å². The third kappa shape index (κ3) is 3.16. The smallest absolute Gasteiger partial charge is 0.135 e. The molecule has 0 saturated carbocycles. The Kier molecular flexibility index (Phi) is 4.72. The Balaban J connectivity index is 1.27. The average Bonchev–Trinajstić information content (AvgIpc) is 3.85. The van der Waals surface area contributed by atoms with Crippen molar-refractivity contribution in [3.05, 3.63) is 146 Å². The standard InChI is InChI=1S/C42H24N2OS/c1-5-13-34-27(9-1)31-20-21-36-41(42(31)44(34)26-17-19-30-29-11-4-8-16-39(29)46-40(30)24-26)32-12-2-6-14-35(32)43(36)25-18-22-38-33(23-25)28-10-3-7-15-37(28)45-38/h1-24H. The highest BCUT2D eigenvalue weighted by Crippen LogP contribution is 2.43. The summed E-state index contributed by atoms with van der Waals surface area (Å²) in [5.74, 6) is 0. The quantitative estimate of drug-likeness (QED) is 0.192. The van der Waals surface area contributed by atoms with E-state index < -0.39 is 0 Å². The summed E-state index contributed by atoms with van der Waals surface area (Å²) in [6.45, 7) is 0. The second kappa shape index (κ2) is 8.87. The minimum atomic E-state index is 0.907. The van der Waals surface area contributed by atoms with Crippen molar-refractivity contribution in [1.82, 2.24) is 9.13 Å². The summed E-state index contributed by atoms with van der Waals surface area (Å²) in [4.78, 5) is 0. The van der Waals surface area contributed by atoms with E-state index in [1.54, 1.807) is 0 Å². The van der Waals surface area contributed by atoms with E-state index in [2.05, 4.69) is 143 Å². The Hall–Kier alpha value is -5.84. The molecule has 11 rings (SSSR count). The van der Waals surface area contributed by atoms with Crippen molar-refractivity contribution in [2.45, 2.75) is 0 Å². The van der Waals surface area contributed by atoms with Crippen LogP contribution < -0.4 is 0 Å². The Morgan fingerprint density at radius 2 is 1.02 bits per heavy atom. The van der Waals surface area contributed by atoms with E-state index in [1.807, 2.05) is 23.5 Å². The minimum Gasteiger partial charge on any atom is -0.456 e. The Morgan fingerprint density at radius 1 is 0.391 bits per heavy atom. The fourth-order valence-corrected chi connectivity index (χ4v) is 8.90. The van der Waals surface area contributed by atoms with E-state index in [1.165, 1.54) is 69.5 Å². The molecule has 0 N–H and O–H groups in total. The van der Waals surface area contributed by atoms with Gasteiger partial charge in [-0.1, -0.05) is 84.9 Å². The molecular formula is C42H24N2OS. The van der Waals surface area contributed by atoms with E-state index in [-0.39, 0.29) is 0 Å². The van der Waals surface area contributed by atoms with Crippen molar-refractivity contribution in [1.29, 1.82) is 0 Å². The molecule has 11 aromatic rings. The molecule has 3 nitrogen and oxygen atoms in total. The summed E-state index contributed by atoms with van der Waals surface area (Å²) in [7, 11) is 0. The number of para-hydroxylation sites is 3. The van der Waals surface area contributed by atoms with Gasteiger partial charge in [0.1, 0.15) is 11.2 Å². The molecule has 46 heavy (non-hydrogen) atoms. The Bertz CT molecular complexity index is 3040. The second-order valence-electron chi connectivity index (χ2n) is 12.1. The van der Waals surface area contributed by atoms with Gasteiger partial charge < -0.3 is 13.6 Å². The van der Waals surface area contributed by atoms with Crippen LogP contribution in [0, 0.1) is 0 Å². The summed E-state index contributed by atoms with van der Waals surface area (Å²) in [5, 5.41) is 9.94. The molecule has 0 spiro atoms. The van der Waals surface area contributed by atoms with Gasteiger partial charge >= 0.3 is 0 Å². The van der Waals surface area contributed by atoms with Gasteiger partial charge in [-0.3, -0.25) is 0 Å².